The number of hydrogen-bond acceptors (Lipinski definition) is 2. The van der Waals surface area contributed by atoms with Crippen molar-refractivity contribution in [2.75, 3.05) is 0 Å². The van der Waals surface area contributed by atoms with Crippen LogP contribution in [-0.2, 0) is 0 Å². The van der Waals surface area contributed by atoms with Crippen LogP contribution in [0.1, 0.15) is 0 Å². The van der Waals surface area contributed by atoms with E-state index in [1.807, 2.05) is 36.5 Å². The van der Waals surface area contributed by atoms with Gasteiger partial charge in [-0.3, -0.25) is 0 Å². The molecule has 0 fully saturated rings. The molecule has 3 aromatic carbocycles. The van der Waals surface area contributed by atoms with Crippen molar-refractivity contribution in [2.45, 2.75) is 0 Å². The summed E-state index contributed by atoms with van der Waals surface area (Å²) in [6, 6.07) is 28.9. The third kappa shape index (κ3) is 2.52. The van der Waals surface area contributed by atoms with E-state index in [0.717, 1.165) is 44.3 Å². The Hall–Kier alpha value is -3.98. The summed E-state index contributed by atoms with van der Waals surface area (Å²) in [5.41, 5.74) is 4.76. The number of benzene rings is 3. The number of hydrogen-bond donors (Lipinski definition) is 1. The number of aromatic amines is 1. The van der Waals surface area contributed by atoms with Gasteiger partial charge < -0.3 is 4.98 Å². The summed E-state index contributed by atoms with van der Waals surface area (Å²) in [6.07, 6.45) is 5.26. The van der Waals surface area contributed by atoms with Crippen molar-refractivity contribution in [2.24, 2.45) is 0 Å². The minimum atomic E-state index is 0.835. The summed E-state index contributed by atoms with van der Waals surface area (Å²) >= 11 is 0. The van der Waals surface area contributed by atoms with Crippen LogP contribution < -0.4 is 0 Å². The monoisotopic (exact) mass is 370 g/mol. The Morgan fingerprint density at radius 2 is 1.45 bits per heavy atom. The zero-order valence-electron chi connectivity index (χ0n) is 15.6. The van der Waals surface area contributed by atoms with Crippen LogP contribution in [0, 0.1) is 6.20 Å². The summed E-state index contributed by atoms with van der Waals surface area (Å²) in [5.74, 6) is 0. The van der Waals surface area contributed by atoms with Gasteiger partial charge >= 0.3 is 0 Å². The third-order valence-corrected chi connectivity index (χ3v) is 5.41. The van der Waals surface area contributed by atoms with Gasteiger partial charge in [0.25, 0.3) is 0 Å². The van der Waals surface area contributed by atoms with Gasteiger partial charge in [0.15, 0.2) is 0 Å². The maximum atomic E-state index is 4.91. The molecule has 0 bridgehead atoms. The molecule has 3 aromatic heterocycles. The molecule has 29 heavy (non-hydrogen) atoms. The zero-order chi connectivity index (χ0) is 19.2. The van der Waals surface area contributed by atoms with E-state index in [1.165, 1.54) is 10.8 Å². The van der Waals surface area contributed by atoms with Crippen molar-refractivity contribution in [3.05, 3.63) is 97.3 Å². The Morgan fingerprint density at radius 3 is 2.38 bits per heavy atom. The zero-order valence-corrected chi connectivity index (χ0v) is 15.6. The van der Waals surface area contributed by atoms with Gasteiger partial charge in [-0.2, -0.15) is 0 Å². The van der Waals surface area contributed by atoms with Gasteiger partial charge in [0.05, 0.1) is 28.8 Å². The van der Waals surface area contributed by atoms with Crippen LogP contribution in [0.4, 0.5) is 0 Å². The quantitative estimate of drug-likeness (QED) is 0.383. The lowest BCUT2D eigenvalue weighted by atomic mass is 9.97. The summed E-state index contributed by atoms with van der Waals surface area (Å²) < 4.78 is 0. The molecule has 0 spiro atoms. The number of H-pyrrole nitrogens is 1. The Balaban J connectivity index is 1.71. The first-order valence-corrected chi connectivity index (χ1v) is 9.61. The molecule has 0 amide bonds. The van der Waals surface area contributed by atoms with Gasteiger partial charge in [-0.05, 0) is 22.9 Å². The first kappa shape index (κ1) is 16.0. The average molecular weight is 370 g/mol. The first-order chi connectivity index (χ1) is 14.4. The third-order valence-electron chi connectivity index (χ3n) is 5.41. The molecular formula is C26H16N3. The summed E-state index contributed by atoms with van der Waals surface area (Å²) in [6.45, 7) is 0. The fraction of sp³-hybridized carbons (Fsp3) is 0. The van der Waals surface area contributed by atoms with E-state index < -0.39 is 0 Å². The fourth-order valence-corrected chi connectivity index (χ4v) is 4.02. The minimum Gasteiger partial charge on any atom is -0.360 e. The maximum Gasteiger partial charge on any atom is 0.0994 e. The molecule has 3 heteroatoms. The SMILES string of the molecule is [c]1nc(-c2ccc3ccccc3n2)c(-c2[nH]cc3ccccc23)c2ccccc12. The van der Waals surface area contributed by atoms with Crippen LogP contribution in [0.2, 0.25) is 0 Å². The molecule has 1 N–H and O–H groups in total. The van der Waals surface area contributed by atoms with E-state index in [-0.39, 0.29) is 0 Å². The van der Waals surface area contributed by atoms with E-state index in [4.69, 9.17) is 9.97 Å². The second kappa shape index (κ2) is 6.28. The molecule has 135 valence electrons. The van der Waals surface area contributed by atoms with Crippen molar-refractivity contribution in [1.82, 2.24) is 15.0 Å². The lowest BCUT2D eigenvalue weighted by molar-refractivity contribution is 1.28. The lowest BCUT2D eigenvalue weighted by Gasteiger charge is -2.12. The van der Waals surface area contributed by atoms with E-state index >= 15 is 0 Å². The molecule has 0 saturated carbocycles. The molecule has 0 aliphatic carbocycles. The summed E-state index contributed by atoms with van der Waals surface area (Å²) in [4.78, 5) is 13.1. The molecule has 3 nitrogen and oxygen atoms in total. The number of para-hydroxylation sites is 1. The topological polar surface area (TPSA) is 41.6 Å². The molecule has 6 aromatic rings. The Kier molecular flexibility index (Phi) is 3.47. The molecule has 0 aliphatic heterocycles. The average Bonchev–Trinajstić information content (AvgIpc) is 3.22. The van der Waals surface area contributed by atoms with Crippen molar-refractivity contribution >= 4 is 32.4 Å². The summed E-state index contributed by atoms with van der Waals surface area (Å²) in [5, 5.41) is 5.57. The molecule has 3 heterocycles. The highest BCUT2D eigenvalue weighted by Crippen LogP contribution is 2.38. The van der Waals surface area contributed by atoms with Crippen molar-refractivity contribution in [3.63, 3.8) is 0 Å². The van der Waals surface area contributed by atoms with Crippen LogP contribution in [0.3, 0.4) is 0 Å². The highest BCUT2D eigenvalue weighted by atomic mass is 14.8. The predicted octanol–water partition coefficient (Wildman–Crippen LogP) is 6.40. The van der Waals surface area contributed by atoms with Crippen LogP contribution in [-0.4, -0.2) is 15.0 Å². The molecule has 0 unspecified atom stereocenters. The van der Waals surface area contributed by atoms with Crippen LogP contribution in [0.15, 0.2) is 91.1 Å². The Labute approximate surface area is 167 Å². The van der Waals surface area contributed by atoms with Crippen LogP contribution >= 0.6 is 0 Å². The molecule has 1 radical (unpaired) electrons. The van der Waals surface area contributed by atoms with Crippen molar-refractivity contribution < 1.29 is 0 Å². The highest BCUT2D eigenvalue weighted by Gasteiger charge is 2.18. The predicted molar refractivity (Wildman–Crippen MR) is 119 cm³/mol. The standard InChI is InChI=1S/C26H16N3/c1-4-10-20-18(8-1)15-28-26(23-14-13-17-7-3-6-12-22(17)29-23)24(20)25-21-11-5-2-9-19(21)16-27-25/h1-14,16,27H. The Bertz CT molecular complexity index is 1510. The molecule has 0 saturated heterocycles. The smallest absolute Gasteiger partial charge is 0.0994 e. The van der Waals surface area contributed by atoms with Gasteiger partial charge in [-0.1, -0.05) is 72.8 Å². The second-order valence-corrected chi connectivity index (χ2v) is 7.13. The summed E-state index contributed by atoms with van der Waals surface area (Å²) in [7, 11) is 0. The maximum absolute atomic E-state index is 4.91. The number of fused-ring (bicyclic) bond motifs is 3. The molecule has 0 aliphatic rings. The number of nitrogens with zero attached hydrogens (tertiary/aromatic N) is 2. The van der Waals surface area contributed by atoms with E-state index in [2.05, 4.69) is 65.8 Å². The molecule has 0 atom stereocenters. The van der Waals surface area contributed by atoms with Gasteiger partial charge in [-0.15, -0.1) is 0 Å². The number of nitrogens with one attached hydrogen (secondary N) is 1. The van der Waals surface area contributed by atoms with Gasteiger partial charge in [0.1, 0.15) is 0 Å². The van der Waals surface area contributed by atoms with Crippen molar-refractivity contribution in [1.29, 1.82) is 0 Å². The van der Waals surface area contributed by atoms with Crippen LogP contribution in [0.25, 0.3) is 55.1 Å². The van der Waals surface area contributed by atoms with Gasteiger partial charge in [0, 0.05) is 27.9 Å². The minimum absolute atomic E-state index is 0.835. The van der Waals surface area contributed by atoms with E-state index in [9.17, 15) is 0 Å². The molecule has 6 rings (SSSR count). The van der Waals surface area contributed by atoms with Gasteiger partial charge in [-0.25, -0.2) is 9.97 Å². The molecular weight excluding hydrogens is 354 g/mol. The van der Waals surface area contributed by atoms with Gasteiger partial charge in [0.2, 0.25) is 0 Å². The van der Waals surface area contributed by atoms with E-state index in [0.29, 0.717) is 0 Å². The highest BCUT2D eigenvalue weighted by molar-refractivity contribution is 6.08. The number of aromatic nitrogens is 3. The Morgan fingerprint density at radius 1 is 0.690 bits per heavy atom. The first-order valence-electron chi connectivity index (χ1n) is 9.61. The van der Waals surface area contributed by atoms with Crippen molar-refractivity contribution in [3.8, 4) is 22.6 Å². The second-order valence-electron chi connectivity index (χ2n) is 7.13. The normalized spacial score (nSPS) is 11.4. The lowest BCUT2D eigenvalue weighted by Crippen LogP contribution is -1.95. The largest absolute Gasteiger partial charge is 0.360 e. The van der Waals surface area contributed by atoms with Crippen LogP contribution in [0.5, 0.6) is 0 Å². The fourth-order valence-electron chi connectivity index (χ4n) is 4.02. The number of pyridine rings is 2. The number of rotatable bonds is 2. The van der Waals surface area contributed by atoms with E-state index in [1.54, 1.807) is 0 Å².